The van der Waals surface area contributed by atoms with Gasteiger partial charge in [0, 0.05) is 38.9 Å². The summed E-state index contributed by atoms with van der Waals surface area (Å²) in [5.74, 6) is -0.141. The zero-order valence-electron chi connectivity index (χ0n) is 11.6. The summed E-state index contributed by atoms with van der Waals surface area (Å²) in [6.07, 6.45) is 3.70. The second-order valence-corrected chi connectivity index (χ2v) is 4.61. The minimum absolute atomic E-state index is 0.141. The lowest BCUT2D eigenvalue weighted by atomic mass is 10.2. The molecular weight excluding hydrogens is 244 g/mol. The van der Waals surface area contributed by atoms with Crippen molar-refractivity contribution in [3.8, 4) is 0 Å². The largest absolute Gasteiger partial charge is 0.465 e. The Morgan fingerprint density at radius 3 is 3.16 bits per heavy atom. The Balaban J connectivity index is 2.05. The zero-order chi connectivity index (χ0) is 13.7. The summed E-state index contributed by atoms with van der Waals surface area (Å²) in [5.41, 5.74) is 1.14. The SMILES string of the molecule is CCOC(=O)C1CNCCN1Cc1cncn1CC. The van der Waals surface area contributed by atoms with Crippen molar-refractivity contribution in [2.45, 2.75) is 33.0 Å². The first-order valence-corrected chi connectivity index (χ1v) is 6.86. The highest BCUT2D eigenvalue weighted by molar-refractivity contribution is 5.76. The zero-order valence-corrected chi connectivity index (χ0v) is 11.6. The molecule has 1 aliphatic heterocycles. The van der Waals surface area contributed by atoms with E-state index in [1.165, 1.54) is 0 Å². The van der Waals surface area contributed by atoms with Crippen molar-refractivity contribution in [2.75, 3.05) is 26.2 Å². The van der Waals surface area contributed by atoms with Crippen molar-refractivity contribution in [3.63, 3.8) is 0 Å². The number of carbonyl (C=O) groups is 1. The van der Waals surface area contributed by atoms with Gasteiger partial charge in [-0.05, 0) is 13.8 Å². The molecule has 6 nitrogen and oxygen atoms in total. The van der Waals surface area contributed by atoms with Crippen LogP contribution in [-0.4, -0.2) is 52.7 Å². The molecule has 1 aromatic rings. The van der Waals surface area contributed by atoms with Crippen LogP contribution in [0.4, 0.5) is 0 Å². The molecule has 2 heterocycles. The van der Waals surface area contributed by atoms with E-state index in [4.69, 9.17) is 4.74 Å². The van der Waals surface area contributed by atoms with Crippen molar-refractivity contribution in [2.24, 2.45) is 0 Å². The molecule has 1 saturated heterocycles. The van der Waals surface area contributed by atoms with E-state index in [1.54, 1.807) is 0 Å². The molecule has 0 aromatic carbocycles. The molecule has 1 fully saturated rings. The van der Waals surface area contributed by atoms with Crippen molar-refractivity contribution >= 4 is 5.97 Å². The van der Waals surface area contributed by atoms with Gasteiger partial charge in [0.1, 0.15) is 6.04 Å². The third-order valence-corrected chi connectivity index (χ3v) is 3.42. The van der Waals surface area contributed by atoms with Crippen LogP contribution in [0.1, 0.15) is 19.5 Å². The fourth-order valence-electron chi connectivity index (χ4n) is 2.38. The average Bonchev–Trinajstić information content (AvgIpc) is 2.87. The molecule has 1 aliphatic rings. The number of aromatic nitrogens is 2. The standard InChI is InChI=1S/C13H22N4O2/c1-3-16-10-15-7-11(16)9-17-6-5-14-8-12(17)13(18)19-4-2/h7,10,12,14H,3-6,8-9H2,1-2H3. The maximum Gasteiger partial charge on any atom is 0.324 e. The molecule has 0 aliphatic carbocycles. The van der Waals surface area contributed by atoms with Gasteiger partial charge in [0.15, 0.2) is 0 Å². The number of ether oxygens (including phenoxy) is 1. The third kappa shape index (κ3) is 3.33. The van der Waals surface area contributed by atoms with Gasteiger partial charge in [0.2, 0.25) is 0 Å². The summed E-state index contributed by atoms with van der Waals surface area (Å²) in [6.45, 7) is 8.38. The van der Waals surface area contributed by atoms with E-state index in [2.05, 4.69) is 26.7 Å². The fourth-order valence-corrected chi connectivity index (χ4v) is 2.38. The Kier molecular flexibility index (Phi) is 4.93. The molecular formula is C13H22N4O2. The Hall–Kier alpha value is -1.40. The minimum atomic E-state index is -0.200. The van der Waals surface area contributed by atoms with E-state index in [0.717, 1.165) is 31.9 Å². The predicted molar refractivity (Wildman–Crippen MR) is 71.6 cm³/mol. The van der Waals surface area contributed by atoms with E-state index in [1.807, 2.05) is 19.4 Å². The molecule has 0 bridgehead atoms. The number of rotatable bonds is 5. The van der Waals surface area contributed by atoms with Crippen LogP contribution >= 0.6 is 0 Å². The van der Waals surface area contributed by atoms with E-state index >= 15 is 0 Å². The van der Waals surface area contributed by atoms with Crippen LogP contribution in [-0.2, 0) is 22.6 Å². The summed E-state index contributed by atoms with van der Waals surface area (Å²) in [5, 5.41) is 3.25. The number of nitrogens with one attached hydrogen (secondary N) is 1. The average molecular weight is 266 g/mol. The van der Waals surface area contributed by atoms with Crippen molar-refractivity contribution in [1.82, 2.24) is 19.8 Å². The summed E-state index contributed by atoms with van der Waals surface area (Å²) in [4.78, 5) is 18.3. The topological polar surface area (TPSA) is 59.4 Å². The molecule has 0 radical (unpaired) electrons. The van der Waals surface area contributed by atoms with Gasteiger partial charge in [-0.1, -0.05) is 0 Å². The van der Waals surface area contributed by atoms with Crippen LogP contribution in [0.2, 0.25) is 0 Å². The number of piperazine rings is 1. The van der Waals surface area contributed by atoms with Gasteiger partial charge in [-0.2, -0.15) is 0 Å². The number of aryl methyl sites for hydroxylation is 1. The van der Waals surface area contributed by atoms with Gasteiger partial charge in [0.25, 0.3) is 0 Å². The van der Waals surface area contributed by atoms with Crippen molar-refractivity contribution in [3.05, 3.63) is 18.2 Å². The van der Waals surface area contributed by atoms with E-state index < -0.39 is 0 Å². The lowest BCUT2D eigenvalue weighted by Crippen LogP contribution is -2.55. The third-order valence-electron chi connectivity index (χ3n) is 3.42. The second kappa shape index (κ2) is 6.68. The predicted octanol–water partition coefficient (Wildman–Crippen LogP) is 0.240. The van der Waals surface area contributed by atoms with Crippen LogP contribution in [0, 0.1) is 0 Å². The molecule has 0 saturated carbocycles. The molecule has 19 heavy (non-hydrogen) atoms. The molecule has 1 unspecified atom stereocenters. The molecule has 1 N–H and O–H groups in total. The van der Waals surface area contributed by atoms with Crippen molar-refractivity contribution in [1.29, 1.82) is 0 Å². The molecule has 106 valence electrons. The first-order valence-electron chi connectivity index (χ1n) is 6.86. The molecule has 2 rings (SSSR count). The summed E-state index contributed by atoms with van der Waals surface area (Å²) in [6, 6.07) is -0.200. The molecule has 0 amide bonds. The van der Waals surface area contributed by atoms with Gasteiger partial charge in [-0.3, -0.25) is 9.69 Å². The maximum absolute atomic E-state index is 12.0. The van der Waals surface area contributed by atoms with Crippen LogP contribution in [0.25, 0.3) is 0 Å². The van der Waals surface area contributed by atoms with E-state index in [-0.39, 0.29) is 12.0 Å². The number of hydrogen-bond acceptors (Lipinski definition) is 5. The fraction of sp³-hybridized carbons (Fsp3) is 0.692. The van der Waals surface area contributed by atoms with Gasteiger partial charge >= 0.3 is 5.97 Å². The number of imidazole rings is 1. The monoisotopic (exact) mass is 266 g/mol. The quantitative estimate of drug-likeness (QED) is 0.774. The van der Waals surface area contributed by atoms with Crippen LogP contribution < -0.4 is 5.32 Å². The van der Waals surface area contributed by atoms with E-state index in [0.29, 0.717) is 13.2 Å². The van der Waals surface area contributed by atoms with Crippen LogP contribution in [0.15, 0.2) is 12.5 Å². The van der Waals surface area contributed by atoms with Crippen molar-refractivity contribution < 1.29 is 9.53 Å². The second-order valence-electron chi connectivity index (χ2n) is 4.61. The number of nitrogens with zero attached hydrogens (tertiary/aromatic N) is 3. The lowest BCUT2D eigenvalue weighted by molar-refractivity contribution is -0.150. The normalized spacial score (nSPS) is 20.4. The number of carbonyl (C=O) groups excluding carboxylic acids is 1. The Labute approximate surface area is 113 Å². The summed E-state index contributed by atoms with van der Waals surface area (Å²) in [7, 11) is 0. The Bertz CT molecular complexity index is 419. The van der Waals surface area contributed by atoms with Gasteiger partial charge in [-0.15, -0.1) is 0 Å². The summed E-state index contributed by atoms with van der Waals surface area (Å²) >= 11 is 0. The Morgan fingerprint density at radius 2 is 2.42 bits per heavy atom. The van der Waals surface area contributed by atoms with Crippen LogP contribution in [0.3, 0.4) is 0 Å². The first kappa shape index (κ1) is 14.0. The summed E-state index contributed by atoms with van der Waals surface area (Å²) < 4.78 is 7.25. The minimum Gasteiger partial charge on any atom is -0.465 e. The number of hydrogen-bond donors (Lipinski definition) is 1. The van der Waals surface area contributed by atoms with Gasteiger partial charge < -0.3 is 14.6 Å². The molecule has 0 spiro atoms. The first-order chi connectivity index (χ1) is 9.26. The molecule has 1 aromatic heterocycles. The highest BCUT2D eigenvalue weighted by Gasteiger charge is 2.30. The number of esters is 1. The van der Waals surface area contributed by atoms with E-state index in [9.17, 15) is 4.79 Å². The van der Waals surface area contributed by atoms with Gasteiger partial charge in [-0.25, -0.2) is 4.98 Å². The smallest absolute Gasteiger partial charge is 0.324 e. The highest BCUT2D eigenvalue weighted by Crippen LogP contribution is 2.11. The molecule has 1 atom stereocenters. The lowest BCUT2D eigenvalue weighted by Gasteiger charge is -2.34. The maximum atomic E-state index is 12.0. The Morgan fingerprint density at radius 1 is 1.58 bits per heavy atom. The van der Waals surface area contributed by atoms with Crippen LogP contribution in [0.5, 0.6) is 0 Å². The highest BCUT2D eigenvalue weighted by atomic mass is 16.5. The molecule has 6 heteroatoms. The van der Waals surface area contributed by atoms with Gasteiger partial charge in [0.05, 0.1) is 18.6 Å².